The van der Waals surface area contributed by atoms with Gasteiger partial charge in [0.1, 0.15) is 23.0 Å². The first kappa shape index (κ1) is 13.7. The Labute approximate surface area is 116 Å². The number of carbonyl (C=O) groups excluding carboxylic acids is 1. The first-order chi connectivity index (χ1) is 9.63. The van der Waals surface area contributed by atoms with Crippen LogP contribution in [-0.4, -0.2) is 30.3 Å². The van der Waals surface area contributed by atoms with E-state index in [0.29, 0.717) is 23.7 Å². The van der Waals surface area contributed by atoms with Crippen LogP contribution in [0.5, 0.6) is 11.5 Å². The van der Waals surface area contributed by atoms with Crippen LogP contribution in [-0.2, 0) is 6.54 Å². The number of amides is 1. The lowest BCUT2D eigenvalue weighted by Gasteiger charge is -2.10. The Bertz CT molecular complexity index is 609. The third kappa shape index (κ3) is 3.00. The second kappa shape index (κ2) is 5.96. The zero-order valence-corrected chi connectivity index (χ0v) is 11.3. The molecule has 0 spiro atoms. The zero-order valence-electron chi connectivity index (χ0n) is 11.3. The summed E-state index contributed by atoms with van der Waals surface area (Å²) in [7, 11) is 3.15. The average Bonchev–Trinajstić information content (AvgIpc) is 2.91. The van der Waals surface area contributed by atoms with E-state index in [1.807, 2.05) is 6.07 Å². The molecular formula is C13H16N4O3. The SMILES string of the molecule is COc1ccc(CNC(=O)c2cc(N)n[nH]2)c(OC)c1. The fraction of sp³-hybridized carbons (Fsp3) is 0.231. The smallest absolute Gasteiger partial charge is 0.269 e. The molecule has 1 heterocycles. The zero-order chi connectivity index (χ0) is 14.5. The minimum absolute atomic E-state index is 0.275. The summed E-state index contributed by atoms with van der Waals surface area (Å²) in [5, 5.41) is 9.00. The van der Waals surface area contributed by atoms with E-state index in [4.69, 9.17) is 15.2 Å². The molecular weight excluding hydrogens is 260 g/mol. The maximum absolute atomic E-state index is 11.9. The summed E-state index contributed by atoms with van der Waals surface area (Å²) in [5.41, 5.74) is 6.60. The van der Waals surface area contributed by atoms with Crippen molar-refractivity contribution in [1.82, 2.24) is 15.5 Å². The molecule has 0 bridgehead atoms. The summed E-state index contributed by atoms with van der Waals surface area (Å²) in [6.07, 6.45) is 0. The number of nitrogens with zero attached hydrogens (tertiary/aromatic N) is 1. The highest BCUT2D eigenvalue weighted by Gasteiger charge is 2.10. The second-order valence-electron chi connectivity index (χ2n) is 4.07. The summed E-state index contributed by atoms with van der Waals surface area (Å²) in [6.45, 7) is 0.324. The minimum atomic E-state index is -0.285. The van der Waals surface area contributed by atoms with Crippen molar-refractivity contribution in [2.75, 3.05) is 20.0 Å². The van der Waals surface area contributed by atoms with Gasteiger partial charge in [0, 0.05) is 24.2 Å². The van der Waals surface area contributed by atoms with Crippen LogP contribution in [0.25, 0.3) is 0 Å². The van der Waals surface area contributed by atoms with E-state index in [2.05, 4.69) is 15.5 Å². The van der Waals surface area contributed by atoms with Gasteiger partial charge in [-0.15, -0.1) is 0 Å². The van der Waals surface area contributed by atoms with Gasteiger partial charge in [0.05, 0.1) is 14.2 Å². The summed E-state index contributed by atoms with van der Waals surface area (Å²) in [6, 6.07) is 6.87. The summed E-state index contributed by atoms with van der Waals surface area (Å²) in [5.74, 6) is 1.33. The molecule has 1 amide bonds. The van der Waals surface area contributed by atoms with Crippen LogP contribution in [0, 0.1) is 0 Å². The van der Waals surface area contributed by atoms with E-state index in [-0.39, 0.29) is 11.7 Å². The molecule has 7 heteroatoms. The predicted molar refractivity (Wildman–Crippen MR) is 73.7 cm³/mol. The molecule has 2 rings (SSSR count). The number of nitrogens with two attached hydrogens (primary N) is 1. The van der Waals surface area contributed by atoms with Crippen molar-refractivity contribution in [2.45, 2.75) is 6.54 Å². The monoisotopic (exact) mass is 276 g/mol. The highest BCUT2D eigenvalue weighted by Crippen LogP contribution is 2.24. The number of nitrogen functional groups attached to an aromatic ring is 1. The lowest BCUT2D eigenvalue weighted by molar-refractivity contribution is 0.0945. The van der Waals surface area contributed by atoms with Crippen molar-refractivity contribution in [1.29, 1.82) is 0 Å². The number of methoxy groups -OCH3 is 2. The molecule has 0 aliphatic rings. The molecule has 0 radical (unpaired) electrons. The molecule has 20 heavy (non-hydrogen) atoms. The Balaban J connectivity index is 2.05. The number of hydrogen-bond donors (Lipinski definition) is 3. The molecule has 0 saturated carbocycles. The third-order valence-electron chi connectivity index (χ3n) is 2.78. The first-order valence-corrected chi connectivity index (χ1v) is 5.94. The van der Waals surface area contributed by atoms with Crippen LogP contribution >= 0.6 is 0 Å². The van der Waals surface area contributed by atoms with Gasteiger partial charge in [-0.05, 0) is 12.1 Å². The van der Waals surface area contributed by atoms with Gasteiger partial charge < -0.3 is 20.5 Å². The quantitative estimate of drug-likeness (QED) is 0.754. The number of aromatic nitrogens is 2. The molecule has 0 unspecified atom stereocenters. The highest BCUT2D eigenvalue weighted by molar-refractivity contribution is 5.92. The molecule has 0 atom stereocenters. The van der Waals surface area contributed by atoms with Crippen LogP contribution in [0.2, 0.25) is 0 Å². The Morgan fingerprint density at radius 2 is 2.15 bits per heavy atom. The minimum Gasteiger partial charge on any atom is -0.497 e. The van der Waals surface area contributed by atoms with Crippen LogP contribution in [0.1, 0.15) is 16.1 Å². The van der Waals surface area contributed by atoms with Gasteiger partial charge in [-0.2, -0.15) is 5.10 Å². The van der Waals surface area contributed by atoms with Gasteiger partial charge in [0.2, 0.25) is 0 Å². The number of benzene rings is 1. The molecule has 1 aromatic heterocycles. The number of anilines is 1. The molecule has 1 aromatic carbocycles. The van der Waals surface area contributed by atoms with Crippen molar-refractivity contribution in [3.8, 4) is 11.5 Å². The number of ether oxygens (including phenoxy) is 2. The molecule has 0 fully saturated rings. The Hall–Kier alpha value is -2.70. The van der Waals surface area contributed by atoms with Crippen molar-refractivity contribution < 1.29 is 14.3 Å². The van der Waals surface area contributed by atoms with E-state index in [0.717, 1.165) is 5.56 Å². The first-order valence-electron chi connectivity index (χ1n) is 5.94. The molecule has 2 aromatic rings. The van der Waals surface area contributed by atoms with E-state index in [1.165, 1.54) is 6.07 Å². The number of carbonyl (C=O) groups is 1. The lowest BCUT2D eigenvalue weighted by Crippen LogP contribution is -2.23. The lowest BCUT2D eigenvalue weighted by atomic mass is 10.2. The molecule has 0 aliphatic carbocycles. The Morgan fingerprint density at radius 3 is 2.75 bits per heavy atom. The van der Waals surface area contributed by atoms with Crippen LogP contribution in [0.4, 0.5) is 5.82 Å². The van der Waals surface area contributed by atoms with Crippen LogP contribution in [0.3, 0.4) is 0 Å². The van der Waals surface area contributed by atoms with Crippen molar-refractivity contribution in [3.63, 3.8) is 0 Å². The van der Waals surface area contributed by atoms with Crippen LogP contribution in [0.15, 0.2) is 24.3 Å². The largest absolute Gasteiger partial charge is 0.497 e. The molecule has 0 aliphatic heterocycles. The number of H-pyrrole nitrogens is 1. The number of nitrogens with one attached hydrogen (secondary N) is 2. The van der Waals surface area contributed by atoms with Gasteiger partial charge in [0.25, 0.3) is 5.91 Å². The Kier molecular flexibility index (Phi) is 4.09. The number of aromatic amines is 1. The maximum atomic E-state index is 11.9. The molecule has 7 nitrogen and oxygen atoms in total. The third-order valence-corrected chi connectivity index (χ3v) is 2.78. The van der Waals surface area contributed by atoms with Gasteiger partial charge in [-0.25, -0.2) is 0 Å². The molecule has 106 valence electrons. The molecule has 0 saturated heterocycles. The van der Waals surface area contributed by atoms with Crippen molar-refractivity contribution in [3.05, 3.63) is 35.5 Å². The van der Waals surface area contributed by atoms with Crippen molar-refractivity contribution in [2.24, 2.45) is 0 Å². The summed E-state index contributed by atoms with van der Waals surface area (Å²) < 4.78 is 10.4. The van der Waals surface area contributed by atoms with E-state index < -0.39 is 0 Å². The topological polar surface area (TPSA) is 102 Å². The van der Waals surface area contributed by atoms with E-state index >= 15 is 0 Å². The normalized spacial score (nSPS) is 10.1. The van der Waals surface area contributed by atoms with Gasteiger partial charge in [0.15, 0.2) is 0 Å². The standard InChI is InChI=1S/C13H16N4O3/c1-19-9-4-3-8(11(5-9)20-2)7-15-13(18)10-6-12(14)17-16-10/h3-6H,7H2,1-2H3,(H,15,18)(H3,14,16,17). The molecule has 4 N–H and O–H groups in total. The fourth-order valence-corrected chi connectivity index (χ4v) is 1.72. The highest BCUT2D eigenvalue weighted by atomic mass is 16.5. The number of hydrogen-bond acceptors (Lipinski definition) is 5. The second-order valence-corrected chi connectivity index (χ2v) is 4.07. The number of rotatable bonds is 5. The summed E-state index contributed by atoms with van der Waals surface area (Å²) >= 11 is 0. The predicted octanol–water partition coefficient (Wildman–Crippen LogP) is 0.939. The maximum Gasteiger partial charge on any atom is 0.269 e. The van der Waals surface area contributed by atoms with Crippen LogP contribution < -0.4 is 20.5 Å². The van der Waals surface area contributed by atoms with E-state index in [1.54, 1.807) is 26.4 Å². The van der Waals surface area contributed by atoms with E-state index in [9.17, 15) is 4.79 Å². The Morgan fingerprint density at radius 1 is 1.35 bits per heavy atom. The van der Waals surface area contributed by atoms with Gasteiger partial charge in [-0.3, -0.25) is 9.89 Å². The fourth-order valence-electron chi connectivity index (χ4n) is 1.72. The van der Waals surface area contributed by atoms with Gasteiger partial charge >= 0.3 is 0 Å². The van der Waals surface area contributed by atoms with Gasteiger partial charge in [-0.1, -0.05) is 0 Å². The van der Waals surface area contributed by atoms with Crippen molar-refractivity contribution >= 4 is 11.7 Å². The average molecular weight is 276 g/mol. The summed E-state index contributed by atoms with van der Waals surface area (Å²) in [4.78, 5) is 11.9.